The summed E-state index contributed by atoms with van der Waals surface area (Å²) in [4.78, 5) is 4.22. The molecule has 1 aromatic heterocycles. The average Bonchev–Trinajstić information content (AvgIpc) is 2.53. The third kappa shape index (κ3) is 2.83. The normalized spacial score (nSPS) is 11.8. The maximum atomic E-state index is 10.4. The Bertz CT molecular complexity index is 586. The van der Waals surface area contributed by atoms with Gasteiger partial charge in [0.2, 0.25) is 5.88 Å². The van der Waals surface area contributed by atoms with E-state index in [1.54, 1.807) is 50.6 Å². The number of aliphatic hydroxyl groups excluding tert-OH is 1. The first-order valence-electron chi connectivity index (χ1n) is 6.10. The van der Waals surface area contributed by atoms with Crippen LogP contribution < -0.4 is 14.2 Å². The second-order valence-electron chi connectivity index (χ2n) is 4.12. The van der Waals surface area contributed by atoms with Crippen LogP contribution in [0.1, 0.15) is 17.4 Å². The molecular weight excluding hydrogens is 258 g/mol. The number of hydrogen-bond donors (Lipinski definition) is 1. The van der Waals surface area contributed by atoms with Crippen molar-refractivity contribution >= 4 is 0 Å². The van der Waals surface area contributed by atoms with E-state index in [2.05, 4.69) is 4.98 Å². The highest BCUT2D eigenvalue weighted by Gasteiger charge is 2.15. The molecule has 5 heteroatoms. The standard InChI is InChI=1S/C15H17NO4/c1-18-12-8-7-10(9-13(12)19-2)15(17)11-5-4-6-14(16-11)20-3/h4-9,15,17H,1-3H3. The van der Waals surface area contributed by atoms with E-state index in [1.165, 1.54) is 7.11 Å². The molecule has 1 unspecified atom stereocenters. The van der Waals surface area contributed by atoms with Gasteiger partial charge in [-0.2, -0.15) is 0 Å². The summed E-state index contributed by atoms with van der Waals surface area (Å²) < 4.78 is 15.5. The lowest BCUT2D eigenvalue weighted by atomic mass is 10.1. The summed E-state index contributed by atoms with van der Waals surface area (Å²) in [5.41, 5.74) is 1.18. The number of hydrogen-bond acceptors (Lipinski definition) is 5. The minimum absolute atomic E-state index is 0.460. The van der Waals surface area contributed by atoms with Crippen molar-refractivity contribution in [2.75, 3.05) is 21.3 Å². The highest BCUT2D eigenvalue weighted by molar-refractivity contribution is 5.44. The van der Waals surface area contributed by atoms with Gasteiger partial charge in [-0.15, -0.1) is 0 Å². The number of aliphatic hydroxyl groups is 1. The van der Waals surface area contributed by atoms with E-state index in [0.717, 1.165) is 0 Å². The summed E-state index contributed by atoms with van der Waals surface area (Å²) in [6.45, 7) is 0. The summed E-state index contributed by atoms with van der Waals surface area (Å²) in [6, 6.07) is 10.5. The van der Waals surface area contributed by atoms with Crippen LogP contribution in [0.15, 0.2) is 36.4 Å². The van der Waals surface area contributed by atoms with Crippen molar-refractivity contribution in [1.82, 2.24) is 4.98 Å². The number of aromatic nitrogens is 1. The Labute approximate surface area is 117 Å². The highest BCUT2D eigenvalue weighted by Crippen LogP contribution is 2.31. The van der Waals surface area contributed by atoms with E-state index < -0.39 is 6.10 Å². The summed E-state index contributed by atoms with van der Waals surface area (Å²) in [5.74, 6) is 1.64. The predicted octanol–water partition coefficient (Wildman–Crippen LogP) is 2.19. The van der Waals surface area contributed by atoms with E-state index in [4.69, 9.17) is 14.2 Å². The van der Waals surface area contributed by atoms with Gasteiger partial charge in [0, 0.05) is 6.07 Å². The van der Waals surface area contributed by atoms with Crippen molar-refractivity contribution in [3.05, 3.63) is 47.7 Å². The lowest BCUT2D eigenvalue weighted by Gasteiger charge is -2.14. The summed E-state index contributed by atoms with van der Waals surface area (Å²) in [7, 11) is 4.66. The van der Waals surface area contributed by atoms with Crippen LogP contribution in [0, 0.1) is 0 Å². The van der Waals surface area contributed by atoms with E-state index in [1.807, 2.05) is 0 Å². The fourth-order valence-corrected chi connectivity index (χ4v) is 1.89. The Morgan fingerprint density at radius 1 is 0.950 bits per heavy atom. The summed E-state index contributed by atoms with van der Waals surface area (Å²) in [5, 5.41) is 10.4. The molecular formula is C15H17NO4. The molecule has 1 N–H and O–H groups in total. The molecule has 1 atom stereocenters. The van der Waals surface area contributed by atoms with Gasteiger partial charge in [-0.1, -0.05) is 12.1 Å². The SMILES string of the molecule is COc1cccc(C(O)c2ccc(OC)c(OC)c2)n1. The van der Waals surface area contributed by atoms with Crippen LogP contribution >= 0.6 is 0 Å². The zero-order chi connectivity index (χ0) is 14.5. The quantitative estimate of drug-likeness (QED) is 0.906. The molecule has 1 aromatic carbocycles. The van der Waals surface area contributed by atoms with Gasteiger partial charge in [-0.05, 0) is 23.8 Å². The molecule has 0 bridgehead atoms. The van der Waals surface area contributed by atoms with Gasteiger partial charge in [-0.3, -0.25) is 0 Å². The lowest BCUT2D eigenvalue weighted by molar-refractivity contribution is 0.213. The molecule has 20 heavy (non-hydrogen) atoms. The number of methoxy groups -OCH3 is 3. The Kier molecular flexibility index (Phi) is 4.42. The van der Waals surface area contributed by atoms with Gasteiger partial charge >= 0.3 is 0 Å². The maximum Gasteiger partial charge on any atom is 0.213 e. The van der Waals surface area contributed by atoms with Crippen molar-refractivity contribution in [1.29, 1.82) is 0 Å². The molecule has 1 heterocycles. The Balaban J connectivity index is 2.34. The topological polar surface area (TPSA) is 60.8 Å². The third-order valence-electron chi connectivity index (χ3n) is 2.96. The summed E-state index contributed by atoms with van der Waals surface area (Å²) >= 11 is 0. The fraction of sp³-hybridized carbons (Fsp3) is 0.267. The molecule has 0 amide bonds. The van der Waals surface area contributed by atoms with Crippen LogP contribution in [0.3, 0.4) is 0 Å². The number of nitrogens with zero attached hydrogens (tertiary/aromatic N) is 1. The van der Waals surface area contributed by atoms with Gasteiger partial charge < -0.3 is 19.3 Å². The van der Waals surface area contributed by atoms with Crippen LogP contribution in [0.5, 0.6) is 17.4 Å². The monoisotopic (exact) mass is 275 g/mol. The predicted molar refractivity (Wildman–Crippen MR) is 74.4 cm³/mol. The van der Waals surface area contributed by atoms with Gasteiger partial charge in [0.1, 0.15) is 6.10 Å². The number of ether oxygens (including phenoxy) is 3. The number of rotatable bonds is 5. The number of benzene rings is 1. The smallest absolute Gasteiger partial charge is 0.213 e. The molecule has 0 fully saturated rings. The maximum absolute atomic E-state index is 10.4. The molecule has 0 aliphatic carbocycles. The first kappa shape index (κ1) is 14.1. The summed E-state index contributed by atoms with van der Waals surface area (Å²) in [6.07, 6.45) is -0.857. The van der Waals surface area contributed by atoms with Gasteiger partial charge in [0.15, 0.2) is 11.5 Å². The molecule has 0 saturated heterocycles. The number of pyridine rings is 1. The van der Waals surface area contributed by atoms with E-state index in [-0.39, 0.29) is 0 Å². The van der Waals surface area contributed by atoms with Crippen molar-refractivity contribution < 1.29 is 19.3 Å². The van der Waals surface area contributed by atoms with Crippen LogP contribution in [0.4, 0.5) is 0 Å². The molecule has 0 saturated carbocycles. The van der Waals surface area contributed by atoms with Crippen molar-refractivity contribution in [3.63, 3.8) is 0 Å². The lowest BCUT2D eigenvalue weighted by Crippen LogP contribution is -2.04. The molecule has 5 nitrogen and oxygen atoms in total. The van der Waals surface area contributed by atoms with Gasteiger partial charge in [0.05, 0.1) is 27.0 Å². The Hall–Kier alpha value is -2.27. The molecule has 0 aliphatic heterocycles. The molecule has 0 aliphatic rings. The fourth-order valence-electron chi connectivity index (χ4n) is 1.89. The third-order valence-corrected chi connectivity index (χ3v) is 2.96. The van der Waals surface area contributed by atoms with Crippen LogP contribution in [-0.4, -0.2) is 31.4 Å². The molecule has 106 valence electrons. The first-order valence-corrected chi connectivity index (χ1v) is 6.10. The van der Waals surface area contributed by atoms with E-state index in [0.29, 0.717) is 28.6 Å². The zero-order valence-electron chi connectivity index (χ0n) is 11.7. The average molecular weight is 275 g/mol. The highest BCUT2D eigenvalue weighted by atomic mass is 16.5. The van der Waals surface area contributed by atoms with Crippen molar-refractivity contribution in [3.8, 4) is 17.4 Å². The Morgan fingerprint density at radius 2 is 1.70 bits per heavy atom. The molecule has 0 radical (unpaired) electrons. The molecule has 2 aromatic rings. The van der Waals surface area contributed by atoms with Gasteiger partial charge in [-0.25, -0.2) is 4.98 Å². The largest absolute Gasteiger partial charge is 0.493 e. The van der Waals surface area contributed by atoms with Crippen LogP contribution in [0.25, 0.3) is 0 Å². The first-order chi connectivity index (χ1) is 9.69. The van der Waals surface area contributed by atoms with Crippen molar-refractivity contribution in [2.45, 2.75) is 6.10 Å². The minimum atomic E-state index is -0.857. The van der Waals surface area contributed by atoms with Gasteiger partial charge in [0.25, 0.3) is 0 Å². The second-order valence-corrected chi connectivity index (χ2v) is 4.12. The van der Waals surface area contributed by atoms with Crippen LogP contribution in [-0.2, 0) is 0 Å². The van der Waals surface area contributed by atoms with Crippen LogP contribution in [0.2, 0.25) is 0 Å². The zero-order valence-corrected chi connectivity index (χ0v) is 11.7. The molecule has 0 spiro atoms. The van der Waals surface area contributed by atoms with E-state index >= 15 is 0 Å². The van der Waals surface area contributed by atoms with E-state index in [9.17, 15) is 5.11 Å². The Morgan fingerprint density at radius 3 is 2.35 bits per heavy atom. The molecule has 2 rings (SSSR count). The second kappa shape index (κ2) is 6.25. The van der Waals surface area contributed by atoms with Crippen molar-refractivity contribution in [2.24, 2.45) is 0 Å². The minimum Gasteiger partial charge on any atom is -0.493 e.